The highest BCUT2D eigenvalue weighted by Crippen LogP contribution is 2.36. The molecule has 5 rings (SSSR count). The summed E-state index contributed by atoms with van der Waals surface area (Å²) in [5.74, 6) is 0.839. The van der Waals surface area contributed by atoms with Gasteiger partial charge in [-0.3, -0.25) is 0 Å². The molecule has 0 bridgehead atoms. The number of nitrogens with zero attached hydrogens (tertiary/aromatic N) is 3. The first-order valence-corrected chi connectivity index (χ1v) is 10.5. The third kappa shape index (κ3) is 3.68. The number of fused-ring (bicyclic) bond motifs is 1. The summed E-state index contributed by atoms with van der Waals surface area (Å²) in [6.45, 7) is 4.25. The van der Waals surface area contributed by atoms with Crippen LogP contribution in [0.2, 0.25) is 0 Å². The number of benzene rings is 3. The summed E-state index contributed by atoms with van der Waals surface area (Å²) in [5, 5.41) is 4.65. The molecular formula is C27H24N4. The fraction of sp³-hybridized carbons (Fsp3) is 0.111. The molecule has 5 aromatic rings. The minimum Gasteiger partial charge on any atom is -0.363 e. The van der Waals surface area contributed by atoms with Crippen LogP contribution in [0.15, 0.2) is 97.5 Å². The van der Waals surface area contributed by atoms with Gasteiger partial charge in [0.05, 0.1) is 5.39 Å². The van der Waals surface area contributed by atoms with Crippen molar-refractivity contribution in [3.05, 3.63) is 109 Å². The quantitative estimate of drug-likeness (QED) is 0.360. The molecule has 0 radical (unpaired) electrons. The van der Waals surface area contributed by atoms with Crippen LogP contribution in [-0.2, 0) is 0 Å². The van der Waals surface area contributed by atoms with E-state index < -0.39 is 0 Å². The first kappa shape index (κ1) is 19.1. The molecule has 152 valence electrons. The molecule has 4 nitrogen and oxygen atoms in total. The van der Waals surface area contributed by atoms with Crippen LogP contribution in [0.4, 0.5) is 5.82 Å². The molecule has 0 spiro atoms. The van der Waals surface area contributed by atoms with E-state index in [2.05, 4.69) is 113 Å². The van der Waals surface area contributed by atoms with E-state index in [0.29, 0.717) is 0 Å². The number of nitrogens with one attached hydrogen (secondary N) is 1. The van der Waals surface area contributed by atoms with Crippen molar-refractivity contribution >= 4 is 16.9 Å². The van der Waals surface area contributed by atoms with Crippen LogP contribution in [0.5, 0.6) is 0 Å². The second kappa shape index (κ2) is 8.07. The molecule has 0 aliphatic rings. The molecule has 3 aromatic carbocycles. The maximum absolute atomic E-state index is 4.68. The zero-order chi connectivity index (χ0) is 21.2. The summed E-state index contributed by atoms with van der Waals surface area (Å²) in [4.78, 5) is 9.32. The Labute approximate surface area is 182 Å². The van der Waals surface area contributed by atoms with Gasteiger partial charge in [-0.05, 0) is 37.1 Å². The molecule has 0 saturated carbocycles. The van der Waals surface area contributed by atoms with Gasteiger partial charge in [0.25, 0.3) is 0 Å². The van der Waals surface area contributed by atoms with Crippen LogP contribution in [-0.4, -0.2) is 14.5 Å². The fourth-order valence-corrected chi connectivity index (χ4v) is 3.94. The Morgan fingerprint density at radius 2 is 1.48 bits per heavy atom. The maximum atomic E-state index is 4.68. The van der Waals surface area contributed by atoms with Crippen molar-refractivity contribution in [1.29, 1.82) is 0 Å². The predicted octanol–water partition coefficient (Wildman–Crippen LogP) is 6.57. The van der Waals surface area contributed by atoms with Gasteiger partial charge in [-0.2, -0.15) is 0 Å². The molecule has 31 heavy (non-hydrogen) atoms. The molecular weight excluding hydrogens is 380 g/mol. The summed E-state index contributed by atoms with van der Waals surface area (Å²) in [6.07, 6.45) is 3.81. The van der Waals surface area contributed by atoms with Crippen molar-refractivity contribution in [2.24, 2.45) is 0 Å². The summed E-state index contributed by atoms with van der Waals surface area (Å²) in [6, 6.07) is 29.5. The van der Waals surface area contributed by atoms with E-state index in [1.54, 1.807) is 6.33 Å². The second-order valence-corrected chi connectivity index (χ2v) is 7.81. The van der Waals surface area contributed by atoms with Gasteiger partial charge < -0.3 is 9.88 Å². The number of aryl methyl sites for hydroxylation is 1. The Hall–Kier alpha value is -3.92. The molecule has 0 aliphatic heterocycles. The van der Waals surface area contributed by atoms with Crippen molar-refractivity contribution in [1.82, 2.24) is 14.5 Å². The van der Waals surface area contributed by atoms with E-state index in [9.17, 15) is 0 Å². The van der Waals surface area contributed by atoms with Gasteiger partial charge in [0.2, 0.25) is 0 Å². The van der Waals surface area contributed by atoms with Crippen LogP contribution in [0.25, 0.3) is 27.8 Å². The number of aromatic nitrogens is 3. The summed E-state index contributed by atoms with van der Waals surface area (Å²) < 4.78 is 2.15. The van der Waals surface area contributed by atoms with Gasteiger partial charge in [-0.1, -0.05) is 78.4 Å². The lowest BCUT2D eigenvalue weighted by Crippen LogP contribution is -2.08. The molecule has 4 heteroatoms. The zero-order valence-electron chi connectivity index (χ0n) is 17.7. The number of rotatable bonds is 5. The average molecular weight is 405 g/mol. The lowest BCUT2D eigenvalue weighted by molar-refractivity contribution is 0.875. The van der Waals surface area contributed by atoms with E-state index in [4.69, 9.17) is 0 Å². The third-order valence-corrected chi connectivity index (χ3v) is 5.63. The smallest absolute Gasteiger partial charge is 0.150 e. The van der Waals surface area contributed by atoms with Crippen molar-refractivity contribution in [3.8, 4) is 16.8 Å². The normalized spacial score (nSPS) is 12.1. The van der Waals surface area contributed by atoms with E-state index in [-0.39, 0.29) is 6.04 Å². The SMILES string of the molecule is Cc1ccc(-n2cc(-c3ccccc3)c3c(NC(C)c4ccccc4)ncnc32)cc1. The van der Waals surface area contributed by atoms with Crippen molar-refractivity contribution in [2.45, 2.75) is 19.9 Å². The van der Waals surface area contributed by atoms with Crippen molar-refractivity contribution in [3.63, 3.8) is 0 Å². The van der Waals surface area contributed by atoms with Gasteiger partial charge in [0.15, 0.2) is 5.65 Å². The molecule has 0 aliphatic carbocycles. The van der Waals surface area contributed by atoms with E-state index in [0.717, 1.165) is 33.7 Å². The van der Waals surface area contributed by atoms with Gasteiger partial charge in [-0.25, -0.2) is 9.97 Å². The Kier molecular flexibility index (Phi) is 4.97. The van der Waals surface area contributed by atoms with Crippen molar-refractivity contribution in [2.75, 3.05) is 5.32 Å². The van der Waals surface area contributed by atoms with E-state index in [1.807, 2.05) is 12.1 Å². The maximum Gasteiger partial charge on any atom is 0.150 e. The van der Waals surface area contributed by atoms with Crippen LogP contribution >= 0.6 is 0 Å². The molecule has 1 unspecified atom stereocenters. The summed E-state index contributed by atoms with van der Waals surface area (Å²) in [7, 11) is 0. The lowest BCUT2D eigenvalue weighted by atomic mass is 10.1. The zero-order valence-corrected chi connectivity index (χ0v) is 17.7. The Balaban J connectivity index is 1.69. The Morgan fingerprint density at radius 1 is 0.806 bits per heavy atom. The highest BCUT2D eigenvalue weighted by atomic mass is 15.1. The van der Waals surface area contributed by atoms with Crippen molar-refractivity contribution < 1.29 is 0 Å². The van der Waals surface area contributed by atoms with Crippen LogP contribution < -0.4 is 5.32 Å². The monoisotopic (exact) mass is 404 g/mol. The summed E-state index contributed by atoms with van der Waals surface area (Å²) >= 11 is 0. The summed E-state index contributed by atoms with van der Waals surface area (Å²) in [5.41, 5.74) is 6.67. The molecule has 1 N–H and O–H groups in total. The van der Waals surface area contributed by atoms with Crippen LogP contribution in [0.3, 0.4) is 0 Å². The molecule has 2 aromatic heterocycles. The molecule has 0 saturated heterocycles. The molecule has 2 heterocycles. The first-order chi connectivity index (χ1) is 15.2. The topological polar surface area (TPSA) is 42.7 Å². The third-order valence-electron chi connectivity index (χ3n) is 5.63. The molecule has 0 fully saturated rings. The van der Waals surface area contributed by atoms with Crippen LogP contribution in [0, 0.1) is 6.92 Å². The standard InChI is InChI=1S/C27H24N4/c1-19-13-15-23(16-14-19)31-17-24(22-11-7-4-8-12-22)25-26(28-18-29-27(25)31)30-20(2)21-9-5-3-6-10-21/h3-18,20H,1-2H3,(H,28,29,30). The van der Waals surface area contributed by atoms with Gasteiger partial charge in [-0.15, -0.1) is 0 Å². The lowest BCUT2D eigenvalue weighted by Gasteiger charge is -2.16. The number of hydrogen-bond donors (Lipinski definition) is 1. The second-order valence-electron chi connectivity index (χ2n) is 7.81. The number of hydrogen-bond acceptors (Lipinski definition) is 3. The predicted molar refractivity (Wildman–Crippen MR) is 128 cm³/mol. The largest absolute Gasteiger partial charge is 0.363 e. The van der Waals surface area contributed by atoms with E-state index in [1.165, 1.54) is 11.1 Å². The number of anilines is 1. The van der Waals surface area contributed by atoms with Crippen LogP contribution in [0.1, 0.15) is 24.1 Å². The highest BCUT2D eigenvalue weighted by molar-refractivity contribution is 6.02. The first-order valence-electron chi connectivity index (χ1n) is 10.5. The minimum atomic E-state index is 0.116. The van der Waals surface area contributed by atoms with Gasteiger partial charge in [0.1, 0.15) is 12.1 Å². The highest BCUT2D eigenvalue weighted by Gasteiger charge is 2.18. The average Bonchev–Trinajstić information content (AvgIpc) is 3.21. The van der Waals surface area contributed by atoms with E-state index >= 15 is 0 Å². The van der Waals surface area contributed by atoms with Gasteiger partial charge >= 0.3 is 0 Å². The molecule has 1 atom stereocenters. The Morgan fingerprint density at radius 3 is 2.19 bits per heavy atom. The minimum absolute atomic E-state index is 0.116. The molecule has 0 amide bonds. The van der Waals surface area contributed by atoms with Gasteiger partial charge in [0, 0.05) is 23.5 Å². The fourth-order valence-electron chi connectivity index (χ4n) is 3.94. The Bertz CT molecular complexity index is 1310.